The number of methoxy groups -OCH3 is 1. The fourth-order valence-corrected chi connectivity index (χ4v) is 2.94. The first-order valence-corrected chi connectivity index (χ1v) is 6.76. The first kappa shape index (κ1) is 13.1. The van der Waals surface area contributed by atoms with Crippen LogP contribution in [0.15, 0.2) is 24.3 Å². The molecular weight excluding hydrogens is 244 g/mol. The predicted octanol–water partition coefficient (Wildman–Crippen LogP) is 3.07. The summed E-state index contributed by atoms with van der Waals surface area (Å²) >= 11 is 1.71. The monoisotopic (exact) mass is 262 g/mol. The number of hydrogen-bond acceptors (Lipinski definition) is 4. The Morgan fingerprint density at radius 2 is 2.00 bits per heavy atom. The van der Waals surface area contributed by atoms with E-state index in [1.165, 1.54) is 10.4 Å². The van der Waals surface area contributed by atoms with Gasteiger partial charge >= 0.3 is 0 Å². The van der Waals surface area contributed by atoms with Gasteiger partial charge in [-0.25, -0.2) is 4.98 Å². The molecule has 1 aromatic heterocycles. The minimum Gasteiger partial charge on any atom is -0.497 e. The summed E-state index contributed by atoms with van der Waals surface area (Å²) in [6, 6.07) is 8.15. The second-order valence-electron chi connectivity index (χ2n) is 4.37. The SMILES string of the molecule is COc1ccc(Cc2nc(C)c(C(C)N)s2)cc1. The Balaban J connectivity index is 2.15. The van der Waals surface area contributed by atoms with Gasteiger partial charge in [0.05, 0.1) is 17.8 Å². The minimum atomic E-state index is 0.0621. The third-order valence-electron chi connectivity index (χ3n) is 2.80. The number of ether oxygens (including phenoxy) is 1. The molecule has 1 aromatic carbocycles. The number of nitrogens with two attached hydrogens (primary N) is 1. The van der Waals surface area contributed by atoms with Gasteiger partial charge in [0, 0.05) is 17.3 Å². The number of aromatic nitrogens is 1. The topological polar surface area (TPSA) is 48.1 Å². The van der Waals surface area contributed by atoms with Crippen molar-refractivity contribution in [3.05, 3.63) is 45.4 Å². The van der Waals surface area contributed by atoms with Crippen molar-refractivity contribution in [3.63, 3.8) is 0 Å². The third kappa shape index (κ3) is 2.89. The van der Waals surface area contributed by atoms with Crippen molar-refractivity contribution in [3.8, 4) is 5.75 Å². The Kier molecular flexibility index (Phi) is 3.99. The van der Waals surface area contributed by atoms with E-state index in [2.05, 4.69) is 17.1 Å². The van der Waals surface area contributed by atoms with Crippen LogP contribution in [-0.2, 0) is 6.42 Å². The molecule has 0 aliphatic carbocycles. The normalized spacial score (nSPS) is 12.4. The van der Waals surface area contributed by atoms with E-state index in [9.17, 15) is 0 Å². The smallest absolute Gasteiger partial charge is 0.118 e. The van der Waals surface area contributed by atoms with E-state index in [-0.39, 0.29) is 6.04 Å². The second-order valence-corrected chi connectivity index (χ2v) is 5.49. The first-order valence-electron chi connectivity index (χ1n) is 5.95. The van der Waals surface area contributed by atoms with Crippen molar-refractivity contribution in [2.24, 2.45) is 5.73 Å². The van der Waals surface area contributed by atoms with Gasteiger partial charge in [0.1, 0.15) is 5.75 Å². The van der Waals surface area contributed by atoms with Crippen LogP contribution >= 0.6 is 11.3 Å². The maximum atomic E-state index is 5.91. The zero-order valence-corrected chi connectivity index (χ0v) is 11.8. The highest BCUT2D eigenvalue weighted by Crippen LogP contribution is 2.25. The lowest BCUT2D eigenvalue weighted by Gasteiger charge is -2.01. The molecule has 18 heavy (non-hydrogen) atoms. The van der Waals surface area contributed by atoms with Crippen molar-refractivity contribution in [1.29, 1.82) is 0 Å². The molecule has 4 heteroatoms. The van der Waals surface area contributed by atoms with Gasteiger partial charge in [0.2, 0.25) is 0 Å². The molecule has 0 aliphatic rings. The van der Waals surface area contributed by atoms with Gasteiger partial charge in [0.15, 0.2) is 0 Å². The Bertz CT molecular complexity index is 517. The molecular formula is C14H18N2OS. The Labute approximate surface area is 112 Å². The van der Waals surface area contributed by atoms with Crippen LogP contribution in [0.3, 0.4) is 0 Å². The van der Waals surface area contributed by atoms with Gasteiger partial charge in [-0.15, -0.1) is 11.3 Å². The van der Waals surface area contributed by atoms with E-state index in [1.54, 1.807) is 18.4 Å². The van der Waals surface area contributed by atoms with Crippen LogP contribution in [0.25, 0.3) is 0 Å². The summed E-state index contributed by atoms with van der Waals surface area (Å²) < 4.78 is 5.14. The van der Waals surface area contributed by atoms with Gasteiger partial charge in [-0.3, -0.25) is 0 Å². The summed E-state index contributed by atoms with van der Waals surface area (Å²) in [7, 11) is 1.67. The van der Waals surface area contributed by atoms with Crippen molar-refractivity contribution in [2.75, 3.05) is 7.11 Å². The second kappa shape index (κ2) is 5.50. The van der Waals surface area contributed by atoms with Crippen LogP contribution < -0.4 is 10.5 Å². The number of benzene rings is 1. The molecule has 0 radical (unpaired) electrons. The molecule has 96 valence electrons. The molecule has 1 heterocycles. The van der Waals surface area contributed by atoms with Crippen molar-refractivity contribution in [1.82, 2.24) is 4.98 Å². The average Bonchev–Trinajstić information content (AvgIpc) is 2.71. The van der Waals surface area contributed by atoms with E-state index in [4.69, 9.17) is 10.5 Å². The number of rotatable bonds is 4. The number of thiazole rings is 1. The first-order chi connectivity index (χ1) is 8.60. The molecule has 3 nitrogen and oxygen atoms in total. The maximum Gasteiger partial charge on any atom is 0.118 e. The highest BCUT2D eigenvalue weighted by Gasteiger charge is 2.11. The highest BCUT2D eigenvalue weighted by molar-refractivity contribution is 7.11. The molecule has 0 spiro atoms. The standard InChI is InChI=1S/C14H18N2OS/c1-9(15)14-10(2)16-13(18-14)8-11-4-6-12(17-3)7-5-11/h4-7,9H,8,15H2,1-3H3. The zero-order chi connectivity index (χ0) is 13.1. The van der Waals surface area contributed by atoms with Crippen LogP contribution in [-0.4, -0.2) is 12.1 Å². The number of nitrogens with zero attached hydrogens (tertiary/aromatic N) is 1. The fraction of sp³-hybridized carbons (Fsp3) is 0.357. The van der Waals surface area contributed by atoms with Crippen LogP contribution in [0.1, 0.15) is 34.1 Å². The number of hydrogen-bond donors (Lipinski definition) is 1. The van der Waals surface area contributed by atoms with Crippen LogP contribution in [0.2, 0.25) is 0 Å². The lowest BCUT2D eigenvalue weighted by Crippen LogP contribution is -2.03. The van der Waals surface area contributed by atoms with Crippen LogP contribution in [0, 0.1) is 6.92 Å². The van der Waals surface area contributed by atoms with E-state index < -0.39 is 0 Å². The summed E-state index contributed by atoms with van der Waals surface area (Å²) in [5.41, 5.74) is 8.20. The molecule has 2 aromatic rings. The molecule has 2 rings (SSSR count). The summed E-state index contributed by atoms with van der Waals surface area (Å²) in [4.78, 5) is 5.76. The van der Waals surface area contributed by atoms with Gasteiger partial charge < -0.3 is 10.5 Å². The lowest BCUT2D eigenvalue weighted by atomic mass is 10.1. The van der Waals surface area contributed by atoms with Gasteiger partial charge in [0.25, 0.3) is 0 Å². The zero-order valence-electron chi connectivity index (χ0n) is 10.9. The van der Waals surface area contributed by atoms with Crippen molar-refractivity contribution >= 4 is 11.3 Å². The predicted molar refractivity (Wildman–Crippen MR) is 75.3 cm³/mol. The molecule has 1 unspecified atom stereocenters. The molecule has 0 amide bonds. The Morgan fingerprint density at radius 3 is 2.50 bits per heavy atom. The largest absolute Gasteiger partial charge is 0.497 e. The van der Waals surface area contributed by atoms with Gasteiger partial charge in [-0.2, -0.15) is 0 Å². The van der Waals surface area contributed by atoms with E-state index >= 15 is 0 Å². The van der Waals surface area contributed by atoms with Crippen molar-refractivity contribution in [2.45, 2.75) is 26.3 Å². The molecule has 0 fully saturated rings. The molecule has 0 aliphatic heterocycles. The fourth-order valence-electron chi connectivity index (χ4n) is 1.88. The van der Waals surface area contributed by atoms with E-state index in [0.29, 0.717) is 0 Å². The minimum absolute atomic E-state index is 0.0621. The summed E-state index contributed by atoms with van der Waals surface area (Å²) in [6.45, 7) is 4.02. The third-order valence-corrected chi connectivity index (χ3v) is 4.16. The Hall–Kier alpha value is -1.39. The van der Waals surface area contributed by atoms with Gasteiger partial charge in [-0.05, 0) is 31.5 Å². The van der Waals surface area contributed by atoms with E-state index in [1.807, 2.05) is 26.0 Å². The molecule has 0 saturated heterocycles. The molecule has 1 atom stereocenters. The average molecular weight is 262 g/mol. The number of aryl methyl sites for hydroxylation is 1. The van der Waals surface area contributed by atoms with Gasteiger partial charge in [-0.1, -0.05) is 12.1 Å². The summed E-state index contributed by atoms with van der Waals surface area (Å²) in [5.74, 6) is 0.880. The van der Waals surface area contributed by atoms with Crippen molar-refractivity contribution < 1.29 is 4.74 Å². The maximum absolute atomic E-state index is 5.91. The molecule has 0 saturated carbocycles. The van der Waals surface area contributed by atoms with E-state index in [0.717, 1.165) is 22.9 Å². The molecule has 2 N–H and O–H groups in total. The van der Waals surface area contributed by atoms with Crippen LogP contribution in [0.4, 0.5) is 0 Å². The summed E-state index contributed by atoms with van der Waals surface area (Å²) in [5, 5.41) is 1.12. The summed E-state index contributed by atoms with van der Waals surface area (Å²) in [6.07, 6.45) is 0.849. The highest BCUT2D eigenvalue weighted by atomic mass is 32.1. The Morgan fingerprint density at radius 1 is 1.33 bits per heavy atom. The molecule has 0 bridgehead atoms. The quantitative estimate of drug-likeness (QED) is 0.921. The lowest BCUT2D eigenvalue weighted by molar-refractivity contribution is 0.414. The van der Waals surface area contributed by atoms with Crippen LogP contribution in [0.5, 0.6) is 5.75 Å².